The summed E-state index contributed by atoms with van der Waals surface area (Å²) in [5.41, 5.74) is -2.93. The van der Waals surface area contributed by atoms with Crippen LogP contribution in [0, 0.1) is 0 Å². The maximum Gasteiger partial charge on any atom is 0.421 e. The fraction of sp³-hybridized carbons (Fsp3) is 0.273. The molecule has 1 atom stereocenters. The number of thiophene rings is 1. The molecule has 1 unspecified atom stereocenters. The predicted octanol–water partition coefficient (Wildman–Crippen LogP) is 3.67. The van der Waals surface area contributed by atoms with Crippen molar-refractivity contribution in [2.75, 3.05) is 0 Å². The molecule has 0 aliphatic carbocycles. The third kappa shape index (κ3) is 1.70. The van der Waals surface area contributed by atoms with Crippen LogP contribution >= 0.6 is 11.3 Å². The SMILES string of the molecule is CC(O)(c1ccc2ccsc2c1)C(F)(F)F. The van der Waals surface area contributed by atoms with E-state index in [2.05, 4.69) is 0 Å². The van der Waals surface area contributed by atoms with Crippen molar-refractivity contribution < 1.29 is 18.3 Å². The maximum absolute atomic E-state index is 12.6. The highest BCUT2D eigenvalue weighted by molar-refractivity contribution is 7.17. The average Bonchev–Trinajstić information content (AvgIpc) is 2.61. The highest BCUT2D eigenvalue weighted by Crippen LogP contribution is 2.39. The molecule has 5 heteroatoms. The molecular weight excluding hydrogens is 237 g/mol. The Morgan fingerprint density at radius 1 is 1.19 bits per heavy atom. The molecule has 1 aromatic heterocycles. The number of halogens is 3. The van der Waals surface area contributed by atoms with E-state index in [1.54, 1.807) is 11.4 Å². The van der Waals surface area contributed by atoms with Crippen LogP contribution in [0.1, 0.15) is 12.5 Å². The fourth-order valence-electron chi connectivity index (χ4n) is 1.42. The summed E-state index contributed by atoms with van der Waals surface area (Å²) in [6, 6.07) is 6.10. The van der Waals surface area contributed by atoms with Gasteiger partial charge < -0.3 is 5.11 Å². The molecule has 0 aliphatic heterocycles. The van der Waals surface area contributed by atoms with Crippen molar-refractivity contribution in [3.63, 3.8) is 0 Å². The van der Waals surface area contributed by atoms with Gasteiger partial charge in [-0.25, -0.2) is 0 Å². The molecule has 2 rings (SSSR count). The molecule has 1 nitrogen and oxygen atoms in total. The summed E-state index contributed by atoms with van der Waals surface area (Å²) in [6.07, 6.45) is -4.67. The quantitative estimate of drug-likeness (QED) is 0.814. The van der Waals surface area contributed by atoms with Gasteiger partial charge in [-0.1, -0.05) is 12.1 Å². The van der Waals surface area contributed by atoms with E-state index in [4.69, 9.17) is 0 Å². The van der Waals surface area contributed by atoms with Crippen LogP contribution in [0.5, 0.6) is 0 Å². The minimum atomic E-state index is -4.67. The van der Waals surface area contributed by atoms with Crippen molar-refractivity contribution >= 4 is 21.4 Å². The number of benzene rings is 1. The Morgan fingerprint density at radius 3 is 2.50 bits per heavy atom. The number of fused-ring (bicyclic) bond motifs is 1. The Labute approximate surface area is 94.1 Å². The van der Waals surface area contributed by atoms with Crippen LogP contribution in [0.15, 0.2) is 29.6 Å². The summed E-state index contributed by atoms with van der Waals surface area (Å²) in [4.78, 5) is 0. The molecule has 0 spiro atoms. The largest absolute Gasteiger partial charge is 0.421 e. The van der Waals surface area contributed by atoms with Crippen molar-refractivity contribution in [3.05, 3.63) is 35.2 Å². The Bertz CT molecular complexity index is 513. The summed E-state index contributed by atoms with van der Waals surface area (Å²) in [5.74, 6) is 0. The number of hydrogen-bond acceptors (Lipinski definition) is 2. The molecule has 2 aromatic rings. The molecule has 0 fully saturated rings. The molecule has 0 aliphatic rings. The van der Waals surface area contributed by atoms with Crippen LogP contribution in [0.25, 0.3) is 10.1 Å². The number of rotatable bonds is 1. The summed E-state index contributed by atoms with van der Waals surface area (Å²) in [6.45, 7) is 0.766. The molecule has 0 bridgehead atoms. The number of alkyl halides is 3. The lowest BCUT2D eigenvalue weighted by molar-refractivity contribution is -0.258. The molecule has 1 aromatic carbocycles. The zero-order valence-electron chi connectivity index (χ0n) is 8.38. The monoisotopic (exact) mass is 246 g/mol. The highest BCUT2D eigenvalue weighted by Gasteiger charge is 2.51. The zero-order chi connectivity index (χ0) is 12.0. The minimum Gasteiger partial charge on any atom is -0.376 e. The second-order valence-electron chi connectivity index (χ2n) is 3.74. The van der Waals surface area contributed by atoms with Crippen LogP contribution in [-0.2, 0) is 5.60 Å². The van der Waals surface area contributed by atoms with Gasteiger partial charge in [0, 0.05) is 4.70 Å². The Morgan fingerprint density at radius 2 is 1.88 bits per heavy atom. The molecule has 0 saturated heterocycles. The van der Waals surface area contributed by atoms with Gasteiger partial charge in [0.2, 0.25) is 0 Å². The van der Waals surface area contributed by atoms with Crippen LogP contribution in [0.3, 0.4) is 0 Å². The van der Waals surface area contributed by atoms with Gasteiger partial charge in [0.15, 0.2) is 5.60 Å². The van der Waals surface area contributed by atoms with Crippen molar-refractivity contribution in [3.8, 4) is 0 Å². The highest BCUT2D eigenvalue weighted by atomic mass is 32.1. The number of aliphatic hydroxyl groups is 1. The first-order valence-corrected chi connectivity index (χ1v) is 5.47. The Balaban J connectivity index is 2.54. The molecule has 1 N–H and O–H groups in total. The van der Waals surface area contributed by atoms with Crippen LogP contribution in [-0.4, -0.2) is 11.3 Å². The first kappa shape index (κ1) is 11.4. The summed E-state index contributed by atoms with van der Waals surface area (Å²) in [5, 5.41) is 12.2. The van der Waals surface area contributed by atoms with E-state index in [0.29, 0.717) is 0 Å². The van der Waals surface area contributed by atoms with Crippen LogP contribution in [0.2, 0.25) is 0 Å². The normalized spacial score (nSPS) is 16.3. The van der Waals surface area contributed by atoms with Gasteiger partial charge in [0.25, 0.3) is 0 Å². The summed E-state index contributed by atoms with van der Waals surface area (Å²) in [7, 11) is 0. The van der Waals surface area contributed by atoms with Crippen molar-refractivity contribution in [1.29, 1.82) is 0 Å². The lowest BCUT2D eigenvalue weighted by Crippen LogP contribution is -2.39. The molecule has 86 valence electrons. The topological polar surface area (TPSA) is 20.2 Å². The summed E-state index contributed by atoms with van der Waals surface area (Å²) >= 11 is 1.35. The van der Waals surface area contributed by atoms with E-state index in [0.717, 1.165) is 17.0 Å². The third-order valence-corrected chi connectivity index (χ3v) is 3.45. The van der Waals surface area contributed by atoms with Crippen LogP contribution < -0.4 is 0 Å². The van der Waals surface area contributed by atoms with Crippen LogP contribution in [0.4, 0.5) is 13.2 Å². The van der Waals surface area contributed by atoms with E-state index in [1.807, 2.05) is 6.07 Å². The van der Waals surface area contributed by atoms with Crippen molar-refractivity contribution in [1.82, 2.24) is 0 Å². The van der Waals surface area contributed by atoms with E-state index < -0.39 is 11.8 Å². The van der Waals surface area contributed by atoms with Crippen molar-refractivity contribution in [2.45, 2.75) is 18.7 Å². The minimum absolute atomic E-state index is 0.130. The van der Waals surface area contributed by atoms with Gasteiger partial charge >= 0.3 is 6.18 Å². The lowest BCUT2D eigenvalue weighted by Gasteiger charge is -2.26. The van der Waals surface area contributed by atoms with Gasteiger partial charge in [-0.2, -0.15) is 13.2 Å². The van der Waals surface area contributed by atoms with Crippen molar-refractivity contribution in [2.24, 2.45) is 0 Å². The van der Waals surface area contributed by atoms with Gasteiger partial charge in [-0.15, -0.1) is 11.3 Å². The zero-order valence-corrected chi connectivity index (χ0v) is 9.19. The first-order chi connectivity index (χ1) is 7.32. The fourth-order valence-corrected chi connectivity index (χ4v) is 2.25. The number of hydrogen-bond donors (Lipinski definition) is 1. The third-order valence-electron chi connectivity index (χ3n) is 2.57. The van der Waals surface area contributed by atoms with E-state index in [9.17, 15) is 18.3 Å². The standard InChI is InChI=1S/C11H9F3OS/c1-10(15,11(12,13)14)8-3-2-7-4-5-16-9(7)6-8/h2-6,15H,1H3. The molecule has 0 amide bonds. The molecule has 0 saturated carbocycles. The molecule has 16 heavy (non-hydrogen) atoms. The maximum atomic E-state index is 12.6. The van der Waals surface area contributed by atoms with E-state index in [1.165, 1.54) is 23.5 Å². The lowest BCUT2D eigenvalue weighted by atomic mass is 9.95. The summed E-state index contributed by atoms with van der Waals surface area (Å²) < 4.78 is 38.5. The second-order valence-corrected chi connectivity index (χ2v) is 4.69. The first-order valence-electron chi connectivity index (χ1n) is 4.59. The van der Waals surface area contributed by atoms with Gasteiger partial charge in [-0.3, -0.25) is 0 Å². The van der Waals surface area contributed by atoms with E-state index >= 15 is 0 Å². The van der Waals surface area contributed by atoms with E-state index in [-0.39, 0.29) is 5.56 Å². The average molecular weight is 246 g/mol. The molecular formula is C11H9F3OS. The van der Waals surface area contributed by atoms with Gasteiger partial charge in [0.1, 0.15) is 0 Å². The van der Waals surface area contributed by atoms with Gasteiger partial charge in [0.05, 0.1) is 0 Å². The van der Waals surface area contributed by atoms with Gasteiger partial charge in [-0.05, 0) is 35.4 Å². The molecule has 0 radical (unpaired) electrons. The smallest absolute Gasteiger partial charge is 0.376 e. The predicted molar refractivity (Wildman–Crippen MR) is 57.5 cm³/mol. The molecule has 1 heterocycles. The second kappa shape index (κ2) is 3.46. The Hall–Kier alpha value is -1.07. The Kier molecular flexibility index (Phi) is 2.47.